The Bertz CT molecular complexity index is 727. The lowest BCUT2D eigenvalue weighted by atomic mass is 10.1. The number of esters is 1. The van der Waals surface area contributed by atoms with Crippen molar-refractivity contribution in [2.75, 3.05) is 11.9 Å². The van der Waals surface area contributed by atoms with E-state index in [1.807, 2.05) is 48.5 Å². The number of halogens is 1. The van der Waals surface area contributed by atoms with E-state index in [1.165, 1.54) is 0 Å². The summed E-state index contributed by atoms with van der Waals surface area (Å²) in [6.45, 7) is 1.93. The first kappa shape index (κ1) is 17.7. The zero-order valence-electron chi connectivity index (χ0n) is 13.2. The van der Waals surface area contributed by atoms with Crippen molar-refractivity contribution in [3.05, 3.63) is 65.1 Å². The van der Waals surface area contributed by atoms with Gasteiger partial charge >= 0.3 is 5.97 Å². The van der Waals surface area contributed by atoms with Crippen molar-refractivity contribution >= 4 is 23.3 Å². The smallest absolute Gasteiger partial charge is 0.359 e. The molecule has 126 valence electrons. The molecule has 7 heteroatoms. The summed E-state index contributed by atoms with van der Waals surface area (Å²) < 4.78 is 4.87. The fourth-order valence-electron chi connectivity index (χ4n) is 2.06. The number of rotatable bonds is 6. The molecule has 0 heterocycles. The molecule has 0 aliphatic rings. The Morgan fingerprint density at radius 1 is 1.08 bits per heavy atom. The molecule has 24 heavy (non-hydrogen) atoms. The van der Waals surface area contributed by atoms with E-state index in [0.29, 0.717) is 10.7 Å². The summed E-state index contributed by atoms with van der Waals surface area (Å²) in [6, 6.07) is 15.1. The highest BCUT2D eigenvalue weighted by atomic mass is 35.5. The molecular formula is C17H19ClN4O2. The molecule has 6 N–H and O–H groups in total. The van der Waals surface area contributed by atoms with Crippen molar-refractivity contribution in [1.82, 2.24) is 5.43 Å². The lowest BCUT2D eigenvalue weighted by Gasteiger charge is -2.12. The van der Waals surface area contributed by atoms with Crippen molar-refractivity contribution in [2.24, 2.45) is 11.6 Å². The number of nitrogens with one attached hydrogen (secondary N) is 2. The van der Waals surface area contributed by atoms with Crippen molar-refractivity contribution in [1.29, 1.82) is 0 Å². The molecule has 0 unspecified atom stereocenters. The Hall–Kier alpha value is -2.70. The molecule has 0 aliphatic carbocycles. The minimum absolute atomic E-state index is 0.0290. The van der Waals surface area contributed by atoms with Crippen LogP contribution in [0.4, 0.5) is 5.69 Å². The number of hydrogen-bond acceptors (Lipinski definition) is 6. The highest BCUT2D eigenvalue weighted by Gasteiger charge is 2.14. The Morgan fingerprint density at radius 2 is 1.62 bits per heavy atom. The first-order valence-electron chi connectivity index (χ1n) is 7.31. The van der Waals surface area contributed by atoms with Crippen LogP contribution in [-0.2, 0) is 9.53 Å². The number of anilines is 1. The average Bonchev–Trinajstić information content (AvgIpc) is 2.57. The van der Waals surface area contributed by atoms with Crippen LogP contribution in [0, 0.1) is 0 Å². The molecule has 0 fully saturated rings. The second kappa shape index (κ2) is 8.24. The Labute approximate surface area is 145 Å². The van der Waals surface area contributed by atoms with Gasteiger partial charge in [0.05, 0.1) is 6.61 Å². The summed E-state index contributed by atoms with van der Waals surface area (Å²) in [5.41, 5.74) is 10.9. The number of carbonyl (C=O) groups excluding carboxylic acids is 1. The molecule has 0 radical (unpaired) electrons. The van der Waals surface area contributed by atoms with Gasteiger partial charge in [-0.25, -0.2) is 4.79 Å². The lowest BCUT2D eigenvalue weighted by molar-refractivity contribution is -0.139. The van der Waals surface area contributed by atoms with E-state index in [9.17, 15) is 4.79 Å². The quantitative estimate of drug-likeness (QED) is 0.277. The minimum atomic E-state index is -0.622. The average molecular weight is 347 g/mol. The maximum absolute atomic E-state index is 11.7. The molecule has 0 aromatic heterocycles. The van der Waals surface area contributed by atoms with Gasteiger partial charge in [0.1, 0.15) is 5.82 Å². The van der Waals surface area contributed by atoms with Crippen LogP contribution in [0.5, 0.6) is 0 Å². The van der Waals surface area contributed by atoms with Crippen LogP contribution in [0.15, 0.2) is 60.0 Å². The fourth-order valence-corrected chi connectivity index (χ4v) is 2.18. The molecule has 6 nitrogen and oxygen atoms in total. The zero-order chi connectivity index (χ0) is 17.5. The number of hydrogen-bond donors (Lipinski definition) is 4. The van der Waals surface area contributed by atoms with E-state index in [-0.39, 0.29) is 18.1 Å². The predicted octanol–water partition coefficient (Wildman–Crippen LogP) is 2.57. The fraction of sp³-hybridized carbons (Fsp3) is 0.118. The topological polar surface area (TPSA) is 102 Å². The van der Waals surface area contributed by atoms with Gasteiger partial charge in [-0.15, -0.1) is 0 Å². The first-order chi connectivity index (χ1) is 11.5. The van der Waals surface area contributed by atoms with Crippen LogP contribution in [0.3, 0.4) is 0 Å². The van der Waals surface area contributed by atoms with E-state index < -0.39 is 5.97 Å². The normalized spacial score (nSPS) is 11.5. The van der Waals surface area contributed by atoms with Crippen LogP contribution < -0.4 is 22.3 Å². The maximum atomic E-state index is 11.7. The number of benzene rings is 2. The maximum Gasteiger partial charge on any atom is 0.359 e. The number of ether oxygens (including phenoxy) is 1. The van der Waals surface area contributed by atoms with Crippen LogP contribution in [0.2, 0.25) is 5.02 Å². The third-order valence-electron chi connectivity index (χ3n) is 3.23. The van der Waals surface area contributed by atoms with Crippen molar-refractivity contribution < 1.29 is 9.53 Å². The second-order valence-corrected chi connectivity index (χ2v) is 5.30. The Balaban J connectivity index is 2.15. The standard InChI is InChI=1S/C17H19ClN4O2/c1-2-24-17(23)15(22-20)16(19)21-14-9-5-12(6-10-14)11-3-7-13(18)8-4-11/h3-10,21-22H,2,19-20H2,1H3/b16-15+. The second-order valence-electron chi connectivity index (χ2n) is 4.86. The Kier molecular flexibility index (Phi) is 6.06. The van der Waals surface area contributed by atoms with Crippen LogP contribution in [0.1, 0.15) is 6.92 Å². The van der Waals surface area contributed by atoms with Gasteiger partial charge in [-0.2, -0.15) is 0 Å². The predicted molar refractivity (Wildman–Crippen MR) is 95.7 cm³/mol. The first-order valence-corrected chi connectivity index (χ1v) is 7.69. The summed E-state index contributed by atoms with van der Waals surface area (Å²) in [5, 5.41) is 3.60. The highest BCUT2D eigenvalue weighted by Crippen LogP contribution is 2.23. The molecule has 0 bridgehead atoms. The van der Waals surface area contributed by atoms with Gasteiger partial charge < -0.3 is 21.2 Å². The van der Waals surface area contributed by atoms with E-state index in [1.54, 1.807) is 6.92 Å². The van der Waals surface area contributed by atoms with Gasteiger partial charge in [0.2, 0.25) is 0 Å². The van der Waals surface area contributed by atoms with E-state index in [4.69, 9.17) is 27.9 Å². The molecule has 0 saturated carbocycles. The van der Waals surface area contributed by atoms with Crippen molar-refractivity contribution in [3.63, 3.8) is 0 Å². The van der Waals surface area contributed by atoms with Gasteiger partial charge in [-0.1, -0.05) is 35.9 Å². The third kappa shape index (κ3) is 4.41. The van der Waals surface area contributed by atoms with Crippen molar-refractivity contribution in [3.8, 4) is 11.1 Å². The Morgan fingerprint density at radius 3 is 2.12 bits per heavy atom. The van der Waals surface area contributed by atoms with Crippen LogP contribution >= 0.6 is 11.6 Å². The molecule has 2 rings (SSSR count). The van der Waals surface area contributed by atoms with E-state index in [0.717, 1.165) is 11.1 Å². The van der Waals surface area contributed by atoms with Gasteiger partial charge in [0, 0.05) is 10.7 Å². The zero-order valence-corrected chi connectivity index (χ0v) is 13.9. The molecule has 0 spiro atoms. The third-order valence-corrected chi connectivity index (χ3v) is 3.49. The van der Waals surface area contributed by atoms with Crippen LogP contribution in [0.25, 0.3) is 11.1 Å². The molecule has 2 aromatic carbocycles. The lowest BCUT2D eigenvalue weighted by Crippen LogP contribution is -2.33. The van der Waals surface area contributed by atoms with Gasteiger partial charge in [0.15, 0.2) is 5.70 Å². The minimum Gasteiger partial charge on any atom is -0.461 e. The summed E-state index contributed by atoms with van der Waals surface area (Å²) in [6.07, 6.45) is 0. The molecule has 0 aliphatic heterocycles. The monoisotopic (exact) mass is 346 g/mol. The molecule has 2 aromatic rings. The SMILES string of the molecule is CCOC(=O)/C(NN)=C(/N)Nc1ccc(-c2ccc(Cl)cc2)cc1. The number of carbonyl (C=O) groups is 1. The van der Waals surface area contributed by atoms with E-state index >= 15 is 0 Å². The summed E-state index contributed by atoms with van der Waals surface area (Å²) >= 11 is 5.89. The largest absolute Gasteiger partial charge is 0.461 e. The van der Waals surface area contributed by atoms with Gasteiger partial charge in [0.25, 0.3) is 0 Å². The van der Waals surface area contributed by atoms with Crippen molar-refractivity contribution in [2.45, 2.75) is 6.92 Å². The number of nitrogens with two attached hydrogens (primary N) is 2. The number of hydrazine groups is 1. The summed E-state index contributed by atoms with van der Waals surface area (Å²) in [5.74, 6) is 4.79. The van der Waals surface area contributed by atoms with Crippen LogP contribution in [-0.4, -0.2) is 12.6 Å². The van der Waals surface area contributed by atoms with Gasteiger partial charge in [-0.05, 0) is 42.3 Å². The molecular weight excluding hydrogens is 328 g/mol. The van der Waals surface area contributed by atoms with Gasteiger partial charge in [-0.3, -0.25) is 5.84 Å². The molecule has 0 amide bonds. The van der Waals surface area contributed by atoms with E-state index in [2.05, 4.69) is 10.7 Å². The summed E-state index contributed by atoms with van der Waals surface area (Å²) in [4.78, 5) is 11.7. The molecule has 0 saturated heterocycles. The highest BCUT2D eigenvalue weighted by molar-refractivity contribution is 6.30. The molecule has 0 atom stereocenters. The summed E-state index contributed by atoms with van der Waals surface area (Å²) in [7, 11) is 0.